The summed E-state index contributed by atoms with van der Waals surface area (Å²) in [4.78, 5) is 41.1. The number of aromatic amines is 1. The largest absolute Gasteiger partial charge is 0.481 e. The third kappa shape index (κ3) is 2.74. The molecule has 0 spiro atoms. The number of aryl methyl sites for hydroxylation is 2. The lowest BCUT2D eigenvalue weighted by molar-refractivity contribution is -0.137. The lowest BCUT2D eigenvalue weighted by Crippen LogP contribution is -2.31. The van der Waals surface area contributed by atoms with Gasteiger partial charge in [-0.05, 0) is 20.3 Å². The maximum atomic E-state index is 12.0. The Hall–Kier alpha value is -2.38. The van der Waals surface area contributed by atoms with Crippen LogP contribution in [0.1, 0.15) is 38.6 Å². The number of aliphatic carboxylic acids is 1. The number of carbonyl (C=O) groups is 1. The number of fused-ring (bicyclic) bond motifs is 1. The van der Waals surface area contributed by atoms with E-state index < -0.39 is 17.2 Å². The van der Waals surface area contributed by atoms with Crippen LogP contribution in [0.2, 0.25) is 0 Å². The van der Waals surface area contributed by atoms with Crippen molar-refractivity contribution in [1.29, 1.82) is 0 Å². The highest BCUT2D eigenvalue weighted by Gasteiger charge is 2.17. The molecular formula is C13H18N4O4. The van der Waals surface area contributed by atoms with E-state index in [0.717, 1.165) is 0 Å². The molecule has 8 heteroatoms. The number of aromatic nitrogens is 4. The Kier molecular flexibility index (Phi) is 3.97. The summed E-state index contributed by atoms with van der Waals surface area (Å²) in [5.74, 6) is -0.276. The average molecular weight is 294 g/mol. The molecule has 8 nitrogen and oxygen atoms in total. The molecule has 0 radical (unpaired) electrons. The quantitative estimate of drug-likeness (QED) is 0.830. The predicted octanol–water partition coefficient (Wildman–Crippen LogP) is 0.411. The van der Waals surface area contributed by atoms with E-state index in [4.69, 9.17) is 5.11 Å². The molecule has 0 fully saturated rings. The second kappa shape index (κ2) is 5.55. The summed E-state index contributed by atoms with van der Waals surface area (Å²) in [6, 6.07) is -0.140. The SMILES string of the molecule is CC(C)n1c(=O)[nH]c(=O)c2c1nc(CCCC(=O)O)n2C. The highest BCUT2D eigenvalue weighted by molar-refractivity contribution is 5.71. The first-order chi connectivity index (χ1) is 9.82. The monoisotopic (exact) mass is 294 g/mol. The van der Waals surface area contributed by atoms with Crippen LogP contribution in [0, 0.1) is 0 Å². The first-order valence-corrected chi connectivity index (χ1v) is 6.74. The zero-order valence-electron chi connectivity index (χ0n) is 12.2. The molecule has 114 valence electrons. The molecule has 21 heavy (non-hydrogen) atoms. The van der Waals surface area contributed by atoms with E-state index in [2.05, 4.69) is 9.97 Å². The minimum Gasteiger partial charge on any atom is -0.481 e. The maximum absolute atomic E-state index is 12.0. The fourth-order valence-corrected chi connectivity index (χ4v) is 2.36. The Balaban J connectivity index is 2.56. The van der Waals surface area contributed by atoms with E-state index in [0.29, 0.717) is 29.8 Å². The number of hydrogen-bond acceptors (Lipinski definition) is 4. The van der Waals surface area contributed by atoms with Crippen LogP contribution in [0.15, 0.2) is 9.59 Å². The van der Waals surface area contributed by atoms with Crippen LogP contribution in [-0.2, 0) is 18.3 Å². The van der Waals surface area contributed by atoms with Gasteiger partial charge in [-0.1, -0.05) is 0 Å². The summed E-state index contributed by atoms with van der Waals surface area (Å²) in [5, 5.41) is 8.67. The second-order valence-corrected chi connectivity index (χ2v) is 5.23. The lowest BCUT2D eigenvalue weighted by Gasteiger charge is -2.09. The average Bonchev–Trinajstić information content (AvgIpc) is 2.66. The number of carboxylic acid groups (broad SMARTS) is 1. The van der Waals surface area contributed by atoms with Gasteiger partial charge in [-0.2, -0.15) is 0 Å². The van der Waals surface area contributed by atoms with Crippen molar-refractivity contribution in [1.82, 2.24) is 19.1 Å². The van der Waals surface area contributed by atoms with Crippen molar-refractivity contribution < 1.29 is 9.90 Å². The Morgan fingerprint density at radius 1 is 1.38 bits per heavy atom. The third-order valence-electron chi connectivity index (χ3n) is 3.36. The molecule has 2 aromatic heterocycles. The topological polar surface area (TPSA) is 110 Å². The molecule has 2 rings (SSSR count). The molecule has 0 aliphatic rings. The van der Waals surface area contributed by atoms with E-state index in [9.17, 15) is 14.4 Å². The van der Waals surface area contributed by atoms with Gasteiger partial charge in [0.1, 0.15) is 5.82 Å². The summed E-state index contributed by atoms with van der Waals surface area (Å²) >= 11 is 0. The van der Waals surface area contributed by atoms with Gasteiger partial charge in [0, 0.05) is 25.9 Å². The van der Waals surface area contributed by atoms with Gasteiger partial charge in [0.25, 0.3) is 5.56 Å². The van der Waals surface area contributed by atoms with Gasteiger partial charge in [-0.3, -0.25) is 19.1 Å². The van der Waals surface area contributed by atoms with Gasteiger partial charge >= 0.3 is 11.7 Å². The Morgan fingerprint density at radius 2 is 2.05 bits per heavy atom. The molecule has 2 aromatic rings. The van der Waals surface area contributed by atoms with Crippen LogP contribution in [0.5, 0.6) is 0 Å². The van der Waals surface area contributed by atoms with Crippen molar-refractivity contribution in [2.24, 2.45) is 7.05 Å². The Bertz CT molecular complexity index is 797. The third-order valence-corrected chi connectivity index (χ3v) is 3.36. The zero-order valence-corrected chi connectivity index (χ0v) is 12.2. The standard InChI is InChI=1S/C13H18N4O4/c1-7(2)17-11-10(12(20)15-13(17)21)16(3)8(14-11)5-4-6-9(18)19/h7H,4-6H2,1-3H3,(H,18,19)(H,15,20,21). The molecule has 0 aliphatic carbocycles. The molecule has 2 N–H and O–H groups in total. The van der Waals surface area contributed by atoms with Crippen LogP contribution < -0.4 is 11.2 Å². The fraction of sp³-hybridized carbons (Fsp3) is 0.538. The van der Waals surface area contributed by atoms with Crippen molar-refractivity contribution in [3.63, 3.8) is 0 Å². The van der Waals surface area contributed by atoms with Gasteiger partial charge in [-0.25, -0.2) is 9.78 Å². The molecule has 0 saturated carbocycles. The van der Waals surface area contributed by atoms with Crippen molar-refractivity contribution in [3.05, 3.63) is 26.7 Å². The van der Waals surface area contributed by atoms with E-state index in [1.807, 2.05) is 13.8 Å². The number of rotatable bonds is 5. The highest BCUT2D eigenvalue weighted by Crippen LogP contribution is 2.14. The predicted molar refractivity (Wildman–Crippen MR) is 76.6 cm³/mol. The van der Waals surface area contributed by atoms with Crippen molar-refractivity contribution in [3.8, 4) is 0 Å². The van der Waals surface area contributed by atoms with E-state index in [1.165, 1.54) is 4.57 Å². The van der Waals surface area contributed by atoms with Crippen LogP contribution in [0.3, 0.4) is 0 Å². The summed E-state index contributed by atoms with van der Waals surface area (Å²) < 4.78 is 3.05. The Labute approximate surface area is 120 Å². The summed E-state index contributed by atoms with van der Waals surface area (Å²) in [7, 11) is 1.69. The number of H-pyrrole nitrogens is 1. The van der Waals surface area contributed by atoms with Gasteiger partial charge in [-0.15, -0.1) is 0 Å². The molecule has 0 aromatic carbocycles. The molecule has 2 heterocycles. The molecule has 0 atom stereocenters. The van der Waals surface area contributed by atoms with E-state index >= 15 is 0 Å². The van der Waals surface area contributed by atoms with Gasteiger partial charge in [0.05, 0.1) is 0 Å². The molecule has 0 amide bonds. The summed E-state index contributed by atoms with van der Waals surface area (Å²) in [6.45, 7) is 3.66. The number of nitrogens with zero attached hydrogens (tertiary/aromatic N) is 3. The van der Waals surface area contributed by atoms with Crippen LogP contribution in [0.4, 0.5) is 0 Å². The number of nitrogens with one attached hydrogen (secondary N) is 1. The molecule has 0 aliphatic heterocycles. The number of carboxylic acids is 1. The van der Waals surface area contributed by atoms with E-state index in [1.54, 1.807) is 11.6 Å². The molecule has 0 bridgehead atoms. The first kappa shape index (κ1) is 15.0. The van der Waals surface area contributed by atoms with Crippen LogP contribution in [0.25, 0.3) is 11.2 Å². The summed E-state index contributed by atoms with van der Waals surface area (Å²) in [5.41, 5.74) is -0.302. The highest BCUT2D eigenvalue weighted by atomic mass is 16.4. The van der Waals surface area contributed by atoms with Gasteiger partial charge in [0.2, 0.25) is 0 Å². The normalized spacial score (nSPS) is 11.4. The smallest absolute Gasteiger partial charge is 0.330 e. The maximum Gasteiger partial charge on any atom is 0.330 e. The minimum atomic E-state index is -0.870. The van der Waals surface area contributed by atoms with Gasteiger partial charge in [0.15, 0.2) is 11.2 Å². The number of hydrogen-bond donors (Lipinski definition) is 2. The van der Waals surface area contributed by atoms with E-state index in [-0.39, 0.29) is 12.5 Å². The van der Waals surface area contributed by atoms with Crippen LogP contribution >= 0.6 is 0 Å². The lowest BCUT2D eigenvalue weighted by atomic mass is 10.2. The van der Waals surface area contributed by atoms with Gasteiger partial charge < -0.3 is 9.67 Å². The van der Waals surface area contributed by atoms with Crippen LogP contribution in [-0.4, -0.2) is 30.2 Å². The number of imidazole rings is 1. The van der Waals surface area contributed by atoms with Crippen molar-refractivity contribution in [2.75, 3.05) is 0 Å². The molecule has 0 saturated heterocycles. The molecule has 0 unspecified atom stereocenters. The minimum absolute atomic E-state index is 0.0382. The second-order valence-electron chi connectivity index (χ2n) is 5.23. The zero-order chi connectivity index (χ0) is 15.7. The van der Waals surface area contributed by atoms with Crippen molar-refractivity contribution >= 4 is 17.1 Å². The Morgan fingerprint density at radius 3 is 2.62 bits per heavy atom. The van der Waals surface area contributed by atoms with Crippen molar-refractivity contribution in [2.45, 2.75) is 39.2 Å². The fourth-order valence-electron chi connectivity index (χ4n) is 2.36. The first-order valence-electron chi connectivity index (χ1n) is 6.74. The summed E-state index contributed by atoms with van der Waals surface area (Å²) in [6.07, 6.45) is 0.899. The molecular weight excluding hydrogens is 276 g/mol.